The minimum absolute atomic E-state index is 0. The molecular formula is H4ClNOZn. The first-order chi connectivity index (χ1) is 0. The summed E-state index contributed by atoms with van der Waals surface area (Å²) in [6, 6.07) is 0. The predicted octanol–water partition coefficient (Wildman–Crippen LogP) is -2.74. The second-order valence-electron chi connectivity index (χ2n) is 0. The zero-order valence-corrected chi connectivity index (χ0v) is 6.22. The molecule has 0 aliphatic carbocycles. The molecule has 0 aliphatic rings. The Morgan fingerprint density at radius 3 is 1.00 bits per heavy atom. The van der Waals surface area contributed by atoms with Crippen LogP contribution in [0.3, 0.4) is 0 Å². The molecule has 0 spiro atoms. The molecule has 0 rings (SSSR count). The zero-order chi connectivity index (χ0) is 0. The minimum atomic E-state index is 0. The molecule has 0 bridgehead atoms. The summed E-state index contributed by atoms with van der Waals surface area (Å²) >= 11 is 0. The monoisotopic (exact) mass is 133 g/mol. The largest absolute Gasteiger partial charge is 2.00 e. The first kappa shape index (κ1) is 102. The molecule has 0 aliphatic heterocycles. The third kappa shape index (κ3) is 13.7. The van der Waals surface area contributed by atoms with Gasteiger partial charge in [0.2, 0.25) is 0 Å². The Bertz CT molecular complexity index is 8.00. The maximum Gasteiger partial charge on any atom is 2.00 e. The van der Waals surface area contributed by atoms with Crippen molar-refractivity contribution in [1.29, 1.82) is 0 Å². The molecule has 0 atom stereocenters. The van der Waals surface area contributed by atoms with Crippen LogP contribution >= 0.6 is 0 Å². The van der Waals surface area contributed by atoms with Crippen LogP contribution in [0.5, 0.6) is 0 Å². The first-order valence-electron chi connectivity index (χ1n) is 0. The van der Waals surface area contributed by atoms with E-state index in [0.29, 0.717) is 0 Å². The van der Waals surface area contributed by atoms with Crippen LogP contribution in [0.1, 0.15) is 0 Å². The summed E-state index contributed by atoms with van der Waals surface area (Å²) in [6.45, 7) is 0. The third-order valence-corrected chi connectivity index (χ3v) is 0. The molecule has 24 valence electrons. The van der Waals surface area contributed by atoms with E-state index in [2.05, 4.69) is 0 Å². The van der Waals surface area contributed by atoms with Gasteiger partial charge < -0.3 is 24.0 Å². The average molecular weight is 135 g/mol. The normalized spacial score (nSPS) is 0. The van der Waals surface area contributed by atoms with E-state index in [9.17, 15) is 0 Å². The summed E-state index contributed by atoms with van der Waals surface area (Å²) < 4.78 is 0. The standard InChI is InChI=1S/ClH.H3N.O.Zn/h1H;1H3;;/q;;-2;+2. The minimum Gasteiger partial charge on any atom is -2.00 e. The summed E-state index contributed by atoms with van der Waals surface area (Å²) in [5, 5.41) is 0. The summed E-state index contributed by atoms with van der Waals surface area (Å²) in [5.41, 5.74) is 0. The van der Waals surface area contributed by atoms with Crippen LogP contribution in [0, 0.1) is 0 Å². The van der Waals surface area contributed by atoms with E-state index in [-0.39, 0.29) is 43.5 Å². The summed E-state index contributed by atoms with van der Waals surface area (Å²) in [5.74, 6) is 0. The maximum absolute atomic E-state index is 0. The fourth-order valence-corrected chi connectivity index (χ4v) is 0. The molecule has 0 saturated carbocycles. The molecule has 0 radical (unpaired) electrons. The van der Waals surface area contributed by atoms with Crippen molar-refractivity contribution in [3.05, 3.63) is 0 Å². The Labute approximate surface area is 44.0 Å². The van der Waals surface area contributed by atoms with Gasteiger partial charge in [-0.2, -0.15) is 0 Å². The SMILES string of the molecule is [Cl-].[NH4+].[O-2].[Zn+2]. The van der Waals surface area contributed by atoms with Gasteiger partial charge >= 0.3 is 19.5 Å². The van der Waals surface area contributed by atoms with E-state index in [4.69, 9.17) is 0 Å². The number of rotatable bonds is 0. The Kier molecular flexibility index (Phi) is 1130. The smallest absolute Gasteiger partial charge is 2.00 e. The van der Waals surface area contributed by atoms with Gasteiger partial charge in [-0.3, -0.25) is 0 Å². The second-order valence-corrected chi connectivity index (χ2v) is 0. The van der Waals surface area contributed by atoms with E-state index in [1.165, 1.54) is 0 Å². The van der Waals surface area contributed by atoms with Crippen molar-refractivity contribution in [2.45, 2.75) is 0 Å². The van der Waals surface area contributed by atoms with E-state index >= 15 is 0 Å². The van der Waals surface area contributed by atoms with E-state index in [0.717, 1.165) is 0 Å². The van der Waals surface area contributed by atoms with Crippen LogP contribution in [-0.4, -0.2) is 0 Å². The van der Waals surface area contributed by atoms with Crippen LogP contribution in [0.15, 0.2) is 0 Å². The average Bonchev–Trinajstić information content (AvgIpc) is 0. The first-order valence-corrected chi connectivity index (χ1v) is 0. The van der Waals surface area contributed by atoms with Crippen LogP contribution in [0.2, 0.25) is 0 Å². The van der Waals surface area contributed by atoms with Crippen LogP contribution in [0.4, 0.5) is 0 Å². The number of hydrogen-bond donors (Lipinski definition) is 1. The number of halogens is 1. The molecule has 0 aromatic rings. The Hall–Kier alpha value is 0.833. The summed E-state index contributed by atoms with van der Waals surface area (Å²) in [4.78, 5) is 0. The fraction of sp³-hybridized carbons (Fsp3) is 0. The molecule has 0 heterocycles. The quantitative estimate of drug-likeness (QED) is 0.350. The van der Waals surface area contributed by atoms with Crippen molar-refractivity contribution >= 4 is 0 Å². The van der Waals surface area contributed by atoms with E-state index in [1.54, 1.807) is 0 Å². The third-order valence-electron chi connectivity index (χ3n) is 0. The molecule has 2 nitrogen and oxygen atoms in total. The van der Waals surface area contributed by atoms with E-state index in [1.807, 2.05) is 0 Å². The van der Waals surface area contributed by atoms with Gasteiger partial charge in [-0.05, 0) is 0 Å². The predicted molar refractivity (Wildman–Crippen MR) is 6.67 cm³/mol. The Morgan fingerprint density at radius 2 is 1.00 bits per heavy atom. The fourth-order valence-electron chi connectivity index (χ4n) is 0. The second kappa shape index (κ2) is 44.3. The topological polar surface area (TPSA) is 65.0 Å². The van der Waals surface area contributed by atoms with Crippen molar-refractivity contribution < 1.29 is 37.4 Å². The summed E-state index contributed by atoms with van der Waals surface area (Å²) in [7, 11) is 0. The molecule has 4 N–H and O–H groups in total. The molecule has 0 aromatic carbocycles. The molecular weight excluding hydrogens is 131 g/mol. The molecule has 4 heteroatoms. The number of quaternary nitrogens is 1. The van der Waals surface area contributed by atoms with Crippen molar-refractivity contribution in [3.8, 4) is 0 Å². The van der Waals surface area contributed by atoms with Gasteiger partial charge in [-0.15, -0.1) is 0 Å². The molecule has 0 unspecified atom stereocenters. The van der Waals surface area contributed by atoms with Crippen LogP contribution < -0.4 is 18.6 Å². The van der Waals surface area contributed by atoms with Crippen LogP contribution in [0.25, 0.3) is 0 Å². The van der Waals surface area contributed by atoms with Crippen molar-refractivity contribution in [3.63, 3.8) is 0 Å². The van der Waals surface area contributed by atoms with Crippen molar-refractivity contribution in [1.82, 2.24) is 6.15 Å². The Balaban J connectivity index is 0. The molecule has 0 saturated heterocycles. The maximum atomic E-state index is 0. The van der Waals surface area contributed by atoms with Gasteiger partial charge in [-0.1, -0.05) is 0 Å². The Morgan fingerprint density at radius 1 is 1.00 bits per heavy atom. The van der Waals surface area contributed by atoms with Gasteiger partial charge in [0.1, 0.15) is 0 Å². The molecule has 0 fully saturated rings. The zero-order valence-electron chi connectivity index (χ0n) is 2.49. The van der Waals surface area contributed by atoms with E-state index < -0.39 is 0 Å². The van der Waals surface area contributed by atoms with Gasteiger partial charge in [0, 0.05) is 0 Å². The summed E-state index contributed by atoms with van der Waals surface area (Å²) in [6.07, 6.45) is 0. The van der Waals surface area contributed by atoms with Gasteiger partial charge in [-0.25, -0.2) is 0 Å². The molecule has 0 amide bonds. The van der Waals surface area contributed by atoms with Gasteiger partial charge in [0.25, 0.3) is 0 Å². The molecule has 4 heavy (non-hydrogen) atoms. The van der Waals surface area contributed by atoms with Crippen molar-refractivity contribution in [2.75, 3.05) is 0 Å². The van der Waals surface area contributed by atoms with Gasteiger partial charge in [0.05, 0.1) is 0 Å². The van der Waals surface area contributed by atoms with Crippen molar-refractivity contribution in [2.24, 2.45) is 0 Å². The number of hydrogen-bond acceptors (Lipinski definition) is 0. The van der Waals surface area contributed by atoms with Crippen LogP contribution in [-0.2, 0) is 25.0 Å². The molecule has 0 aromatic heterocycles. The van der Waals surface area contributed by atoms with Gasteiger partial charge in [0.15, 0.2) is 0 Å².